The molecular formula is C7H15NO. The second-order valence-corrected chi connectivity index (χ2v) is 2.91. The van der Waals surface area contributed by atoms with Gasteiger partial charge in [-0.15, -0.1) is 0 Å². The molecule has 0 bridgehead atoms. The summed E-state index contributed by atoms with van der Waals surface area (Å²) in [7, 11) is 0. The van der Waals surface area contributed by atoms with Crippen molar-refractivity contribution in [1.29, 1.82) is 0 Å². The summed E-state index contributed by atoms with van der Waals surface area (Å²) in [5.74, 6) is 0.826. The first-order valence-corrected chi connectivity index (χ1v) is 3.71. The van der Waals surface area contributed by atoms with E-state index in [1.54, 1.807) is 0 Å². The minimum absolute atomic E-state index is 0.123. The Morgan fingerprint density at radius 1 is 1.56 bits per heavy atom. The van der Waals surface area contributed by atoms with E-state index < -0.39 is 0 Å². The van der Waals surface area contributed by atoms with Gasteiger partial charge >= 0.3 is 0 Å². The lowest BCUT2D eigenvalue weighted by atomic mass is 10.1. The van der Waals surface area contributed by atoms with Crippen LogP contribution >= 0.6 is 0 Å². The quantitative estimate of drug-likeness (QED) is 0.580. The number of nitrogens with two attached hydrogens (primary N) is 1. The molecule has 1 atom stereocenters. The molecule has 0 aliphatic heterocycles. The largest absolute Gasteiger partial charge is 0.393 e. The van der Waals surface area contributed by atoms with Crippen LogP contribution in [-0.2, 0) is 0 Å². The molecule has 0 saturated heterocycles. The van der Waals surface area contributed by atoms with Gasteiger partial charge in [0, 0.05) is 0 Å². The Kier molecular flexibility index (Phi) is 2.49. The average molecular weight is 129 g/mol. The van der Waals surface area contributed by atoms with Gasteiger partial charge in [0.2, 0.25) is 0 Å². The molecule has 0 unspecified atom stereocenters. The van der Waals surface area contributed by atoms with Gasteiger partial charge in [-0.25, -0.2) is 0 Å². The van der Waals surface area contributed by atoms with Crippen LogP contribution in [0.1, 0.15) is 25.7 Å². The smallest absolute Gasteiger partial charge is 0.0554 e. The van der Waals surface area contributed by atoms with Crippen LogP contribution in [0.2, 0.25) is 0 Å². The van der Waals surface area contributed by atoms with Gasteiger partial charge in [-0.1, -0.05) is 12.8 Å². The minimum Gasteiger partial charge on any atom is -0.393 e. The lowest BCUT2D eigenvalue weighted by Gasteiger charge is -2.05. The summed E-state index contributed by atoms with van der Waals surface area (Å²) < 4.78 is 0. The highest BCUT2D eigenvalue weighted by atomic mass is 16.3. The van der Waals surface area contributed by atoms with Crippen LogP contribution < -0.4 is 5.73 Å². The molecule has 0 heterocycles. The molecule has 2 nitrogen and oxygen atoms in total. The topological polar surface area (TPSA) is 46.2 Å². The van der Waals surface area contributed by atoms with Gasteiger partial charge < -0.3 is 10.8 Å². The molecule has 9 heavy (non-hydrogen) atoms. The molecule has 1 rings (SSSR count). The van der Waals surface area contributed by atoms with Crippen molar-refractivity contribution in [3.63, 3.8) is 0 Å². The fourth-order valence-electron chi connectivity index (χ4n) is 1.05. The number of hydrogen-bond acceptors (Lipinski definition) is 2. The maximum Gasteiger partial charge on any atom is 0.0554 e. The van der Waals surface area contributed by atoms with Crippen LogP contribution in [-0.4, -0.2) is 17.8 Å². The summed E-state index contributed by atoms with van der Waals surface area (Å²) in [5.41, 5.74) is 5.27. The predicted octanol–water partition coefficient (Wildman–Crippen LogP) is 0.496. The summed E-state index contributed by atoms with van der Waals surface area (Å²) in [6.45, 7) is 0.619. The highest BCUT2D eigenvalue weighted by Crippen LogP contribution is 2.33. The van der Waals surface area contributed by atoms with Crippen LogP contribution in [0, 0.1) is 5.92 Å². The van der Waals surface area contributed by atoms with E-state index in [0.717, 1.165) is 18.8 Å². The Morgan fingerprint density at radius 3 is 2.67 bits per heavy atom. The molecule has 1 fully saturated rings. The fourth-order valence-corrected chi connectivity index (χ4v) is 1.05. The Balaban J connectivity index is 1.95. The third-order valence-corrected chi connectivity index (χ3v) is 1.80. The van der Waals surface area contributed by atoms with Crippen molar-refractivity contribution in [2.24, 2.45) is 11.7 Å². The molecule has 0 aromatic rings. The predicted molar refractivity (Wildman–Crippen MR) is 37.0 cm³/mol. The van der Waals surface area contributed by atoms with Crippen molar-refractivity contribution >= 4 is 0 Å². The average Bonchev–Trinajstić information content (AvgIpc) is 2.50. The molecule has 0 aromatic heterocycles. The second-order valence-electron chi connectivity index (χ2n) is 2.91. The highest BCUT2D eigenvalue weighted by molar-refractivity contribution is 4.76. The lowest BCUT2D eigenvalue weighted by Crippen LogP contribution is -2.13. The number of aliphatic hydroxyl groups excluding tert-OH is 1. The van der Waals surface area contributed by atoms with E-state index in [9.17, 15) is 5.11 Å². The summed E-state index contributed by atoms with van der Waals surface area (Å²) in [5, 5.41) is 9.18. The molecule has 0 amide bonds. The van der Waals surface area contributed by atoms with Gasteiger partial charge in [-0.3, -0.25) is 0 Å². The van der Waals surface area contributed by atoms with Crippen LogP contribution in [0.4, 0.5) is 0 Å². The third kappa shape index (κ3) is 2.82. The third-order valence-electron chi connectivity index (χ3n) is 1.80. The molecule has 0 aromatic carbocycles. The maximum atomic E-state index is 9.18. The van der Waals surface area contributed by atoms with Gasteiger partial charge in [-0.2, -0.15) is 0 Å². The van der Waals surface area contributed by atoms with E-state index >= 15 is 0 Å². The van der Waals surface area contributed by atoms with E-state index in [4.69, 9.17) is 5.73 Å². The van der Waals surface area contributed by atoms with Crippen molar-refractivity contribution in [3.8, 4) is 0 Å². The van der Waals surface area contributed by atoms with Gasteiger partial charge in [0.05, 0.1) is 6.10 Å². The van der Waals surface area contributed by atoms with E-state index in [2.05, 4.69) is 0 Å². The van der Waals surface area contributed by atoms with Gasteiger partial charge in [0.15, 0.2) is 0 Å². The fraction of sp³-hybridized carbons (Fsp3) is 1.00. The van der Waals surface area contributed by atoms with E-state index in [1.807, 2.05) is 0 Å². The van der Waals surface area contributed by atoms with Crippen LogP contribution in [0.25, 0.3) is 0 Å². The number of hydrogen-bond donors (Lipinski definition) is 2. The Labute approximate surface area is 56.1 Å². The first-order chi connectivity index (χ1) is 4.33. The van der Waals surface area contributed by atoms with Crippen molar-refractivity contribution < 1.29 is 5.11 Å². The highest BCUT2D eigenvalue weighted by Gasteiger charge is 2.23. The zero-order valence-electron chi connectivity index (χ0n) is 5.71. The van der Waals surface area contributed by atoms with E-state index in [0.29, 0.717) is 6.54 Å². The van der Waals surface area contributed by atoms with Gasteiger partial charge in [-0.05, 0) is 25.3 Å². The van der Waals surface area contributed by atoms with E-state index in [-0.39, 0.29) is 6.10 Å². The number of rotatable bonds is 4. The minimum atomic E-state index is -0.123. The van der Waals surface area contributed by atoms with Gasteiger partial charge in [0.25, 0.3) is 0 Å². The molecule has 54 valence electrons. The van der Waals surface area contributed by atoms with Crippen molar-refractivity contribution in [2.75, 3.05) is 6.54 Å². The lowest BCUT2D eigenvalue weighted by molar-refractivity contribution is 0.150. The SMILES string of the molecule is NCC[C@H](O)CC1CC1. The second kappa shape index (κ2) is 3.18. The Morgan fingerprint density at radius 2 is 2.22 bits per heavy atom. The maximum absolute atomic E-state index is 9.18. The number of aliphatic hydroxyl groups is 1. The molecule has 2 heteroatoms. The summed E-state index contributed by atoms with van der Waals surface area (Å²) >= 11 is 0. The van der Waals surface area contributed by atoms with Gasteiger partial charge in [0.1, 0.15) is 0 Å². The molecule has 3 N–H and O–H groups in total. The Hall–Kier alpha value is -0.0800. The summed E-state index contributed by atoms with van der Waals surface area (Å²) in [4.78, 5) is 0. The van der Waals surface area contributed by atoms with Crippen LogP contribution in [0.3, 0.4) is 0 Å². The summed E-state index contributed by atoms with van der Waals surface area (Å²) in [6.07, 6.45) is 4.28. The van der Waals surface area contributed by atoms with Crippen LogP contribution in [0.5, 0.6) is 0 Å². The first kappa shape index (κ1) is 7.03. The molecule has 0 spiro atoms. The van der Waals surface area contributed by atoms with Crippen molar-refractivity contribution in [2.45, 2.75) is 31.8 Å². The molecule has 1 saturated carbocycles. The van der Waals surface area contributed by atoms with Crippen molar-refractivity contribution in [3.05, 3.63) is 0 Å². The monoisotopic (exact) mass is 129 g/mol. The van der Waals surface area contributed by atoms with E-state index in [1.165, 1.54) is 12.8 Å². The Bertz CT molecular complexity index is 81.0. The first-order valence-electron chi connectivity index (χ1n) is 3.71. The zero-order valence-corrected chi connectivity index (χ0v) is 5.71. The van der Waals surface area contributed by atoms with Crippen molar-refractivity contribution in [1.82, 2.24) is 0 Å². The zero-order chi connectivity index (χ0) is 6.69. The molecular weight excluding hydrogens is 114 g/mol. The molecule has 1 aliphatic carbocycles. The van der Waals surface area contributed by atoms with Crippen LogP contribution in [0.15, 0.2) is 0 Å². The molecule has 0 radical (unpaired) electrons. The standard InChI is InChI=1S/C7H15NO/c8-4-3-7(9)5-6-1-2-6/h6-7,9H,1-5,8H2/t7-/m0/s1. The summed E-state index contributed by atoms with van der Waals surface area (Å²) in [6, 6.07) is 0. The normalized spacial score (nSPS) is 22.0. The molecule has 1 aliphatic rings.